The lowest BCUT2D eigenvalue weighted by Crippen LogP contribution is -2.20. The number of rotatable bonds is 4. The lowest BCUT2D eigenvalue weighted by Gasteiger charge is -2.19. The van der Waals surface area contributed by atoms with Gasteiger partial charge in [0.25, 0.3) is 0 Å². The molecule has 2 heterocycles. The van der Waals surface area contributed by atoms with E-state index in [0.29, 0.717) is 24.3 Å². The average Bonchev–Trinajstić information content (AvgIpc) is 3.25. The fourth-order valence-electron chi connectivity index (χ4n) is 2.55. The van der Waals surface area contributed by atoms with Gasteiger partial charge in [-0.1, -0.05) is 44.1 Å². The first-order valence-electron chi connectivity index (χ1n) is 9.18. The van der Waals surface area contributed by atoms with Crippen LogP contribution < -0.4 is 5.32 Å². The molecule has 0 saturated heterocycles. The molecule has 0 saturated carbocycles. The molecule has 29 heavy (non-hydrogen) atoms. The first-order valence-corrected chi connectivity index (χ1v) is 9.18. The number of ketones is 1. The molecule has 0 fully saturated rings. The highest BCUT2D eigenvalue weighted by Crippen LogP contribution is 2.20. The summed E-state index contributed by atoms with van der Waals surface area (Å²) in [5.41, 5.74) is 1.37. The fourth-order valence-corrected chi connectivity index (χ4v) is 2.55. The summed E-state index contributed by atoms with van der Waals surface area (Å²) in [5.74, 6) is 5.54. The smallest absolute Gasteiger partial charge is 0.234 e. The van der Waals surface area contributed by atoms with E-state index < -0.39 is 0 Å². The van der Waals surface area contributed by atoms with Crippen LogP contribution in [0, 0.1) is 34.5 Å². The monoisotopic (exact) mass is 387 g/mol. The van der Waals surface area contributed by atoms with Crippen LogP contribution in [0.25, 0.3) is 5.70 Å². The maximum absolute atomic E-state index is 12.5. The molecule has 0 spiro atoms. The normalized spacial score (nSPS) is 15.7. The van der Waals surface area contributed by atoms with Gasteiger partial charge in [0.05, 0.1) is 29.6 Å². The standard InChI is InChI=1S/C21H21N7O/c1-21(2,3)14-24-20-16(13-23-19(12-22)26-20)6-9-18(29)15-4-7-17(8-5-15)28-11-10-25-27-28/h4,7-8,10-11,13,15H,5,14H2,1-3H3,(H,23,24,26). The van der Waals surface area contributed by atoms with E-state index in [1.807, 2.05) is 24.3 Å². The maximum Gasteiger partial charge on any atom is 0.234 e. The van der Waals surface area contributed by atoms with Gasteiger partial charge < -0.3 is 5.32 Å². The van der Waals surface area contributed by atoms with Crippen molar-refractivity contribution in [1.29, 1.82) is 5.26 Å². The highest BCUT2D eigenvalue weighted by molar-refractivity contribution is 5.99. The van der Waals surface area contributed by atoms with Crippen LogP contribution in [-0.2, 0) is 4.79 Å². The number of hydrogen-bond acceptors (Lipinski definition) is 7. The number of anilines is 1. The van der Waals surface area contributed by atoms with E-state index in [1.54, 1.807) is 17.1 Å². The SMILES string of the molecule is CC(C)(C)CNc1nc(C#N)ncc1C#CC(=O)C1C=CC(n2ccnn2)=CC1. The molecule has 0 aliphatic heterocycles. The summed E-state index contributed by atoms with van der Waals surface area (Å²) < 4.78 is 1.64. The highest BCUT2D eigenvalue weighted by atomic mass is 16.1. The molecule has 1 unspecified atom stereocenters. The lowest BCUT2D eigenvalue weighted by atomic mass is 9.95. The molecule has 0 amide bonds. The van der Waals surface area contributed by atoms with Crippen LogP contribution in [0.4, 0.5) is 5.82 Å². The molecule has 0 aromatic carbocycles. The van der Waals surface area contributed by atoms with Crippen LogP contribution in [0.5, 0.6) is 0 Å². The molecule has 2 aromatic rings. The van der Waals surface area contributed by atoms with Crippen molar-refractivity contribution in [3.63, 3.8) is 0 Å². The number of hydrogen-bond donors (Lipinski definition) is 1. The second kappa shape index (κ2) is 8.49. The van der Waals surface area contributed by atoms with Gasteiger partial charge in [-0.25, -0.2) is 14.6 Å². The second-order valence-electron chi connectivity index (χ2n) is 7.77. The first-order chi connectivity index (χ1) is 13.9. The minimum Gasteiger partial charge on any atom is -0.368 e. The minimum absolute atomic E-state index is 0.0132. The summed E-state index contributed by atoms with van der Waals surface area (Å²) in [6.07, 6.45) is 10.9. The lowest BCUT2D eigenvalue weighted by molar-refractivity contribution is -0.116. The number of aromatic nitrogens is 5. The molecule has 0 bridgehead atoms. The zero-order valence-electron chi connectivity index (χ0n) is 16.5. The van der Waals surface area contributed by atoms with Gasteiger partial charge in [0.15, 0.2) is 0 Å². The van der Waals surface area contributed by atoms with Gasteiger partial charge in [-0.2, -0.15) is 5.26 Å². The molecular formula is C21H21N7O. The zero-order chi connectivity index (χ0) is 20.9. The van der Waals surface area contributed by atoms with Crippen molar-refractivity contribution in [3.8, 4) is 17.9 Å². The van der Waals surface area contributed by atoms with E-state index in [2.05, 4.69) is 58.2 Å². The van der Waals surface area contributed by atoms with Gasteiger partial charge in [-0.15, -0.1) is 5.10 Å². The number of nitrogens with one attached hydrogen (secondary N) is 1. The number of Topliss-reactive ketones (excluding diaryl/α,β-unsaturated/α-hetero) is 1. The molecule has 8 nitrogen and oxygen atoms in total. The Morgan fingerprint density at radius 2 is 2.24 bits per heavy atom. The summed E-state index contributed by atoms with van der Waals surface area (Å²) in [4.78, 5) is 20.7. The first kappa shape index (κ1) is 20.0. The third-order valence-corrected chi connectivity index (χ3v) is 4.10. The van der Waals surface area contributed by atoms with Crippen LogP contribution in [-0.4, -0.2) is 37.3 Å². The van der Waals surface area contributed by atoms with E-state index in [4.69, 9.17) is 5.26 Å². The summed E-state index contributed by atoms with van der Waals surface area (Å²) in [7, 11) is 0. The van der Waals surface area contributed by atoms with Crippen molar-refractivity contribution in [1.82, 2.24) is 25.0 Å². The molecule has 8 heteroatoms. The fraction of sp³-hybridized carbons (Fsp3) is 0.333. The topological polar surface area (TPSA) is 109 Å². The summed E-state index contributed by atoms with van der Waals surface area (Å²) in [6.45, 7) is 6.88. The molecule has 1 atom stereocenters. The van der Waals surface area contributed by atoms with Crippen LogP contribution in [0.2, 0.25) is 0 Å². The second-order valence-corrected chi connectivity index (χ2v) is 7.77. The van der Waals surface area contributed by atoms with Gasteiger partial charge in [-0.05, 0) is 23.8 Å². The highest BCUT2D eigenvalue weighted by Gasteiger charge is 2.17. The predicted molar refractivity (Wildman–Crippen MR) is 108 cm³/mol. The van der Waals surface area contributed by atoms with Crippen molar-refractivity contribution in [2.75, 3.05) is 11.9 Å². The maximum atomic E-state index is 12.5. The Hall–Kier alpha value is -3.78. The Bertz CT molecular complexity index is 1060. The van der Waals surface area contributed by atoms with Gasteiger partial charge in [-0.3, -0.25) is 4.79 Å². The Morgan fingerprint density at radius 3 is 2.86 bits per heavy atom. The Morgan fingerprint density at radius 1 is 1.41 bits per heavy atom. The zero-order valence-corrected chi connectivity index (χ0v) is 16.5. The Balaban J connectivity index is 1.73. The van der Waals surface area contributed by atoms with E-state index in [1.165, 1.54) is 6.20 Å². The number of nitriles is 1. The molecule has 1 aliphatic carbocycles. The van der Waals surface area contributed by atoms with E-state index in [-0.39, 0.29) is 22.9 Å². The molecule has 1 N–H and O–H groups in total. The van der Waals surface area contributed by atoms with Crippen molar-refractivity contribution >= 4 is 17.3 Å². The van der Waals surface area contributed by atoms with Gasteiger partial charge in [0.2, 0.25) is 11.6 Å². The number of carbonyl (C=O) groups excluding carboxylic acids is 1. The van der Waals surface area contributed by atoms with Crippen molar-refractivity contribution < 1.29 is 4.79 Å². The van der Waals surface area contributed by atoms with Gasteiger partial charge in [0.1, 0.15) is 11.9 Å². The van der Waals surface area contributed by atoms with Gasteiger partial charge in [0, 0.05) is 12.7 Å². The Kier molecular flexibility index (Phi) is 5.85. The van der Waals surface area contributed by atoms with E-state index in [0.717, 1.165) is 5.70 Å². The van der Waals surface area contributed by atoms with E-state index in [9.17, 15) is 4.79 Å². The quantitative estimate of drug-likeness (QED) is 0.802. The molecular weight excluding hydrogens is 366 g/mol. The third kappa shape index (κ3) is 5.36. The van der Waals surface area contributed by atoms with Crippen LogP contribution in [0.15, 0.2) is 36.8 Å². The molecule has 1 aliphatic rings. The third-order valence-electron chi connectivity index (χ3n) is 4.10. The average molecular weight is 387 g/mol. The molecule has 146 valence electrons. The minimum atomic E-state index is -0.319. The van der Waals surface area contributed by atoms with Crippen LogP contribution in [0.1, 0.15) is 38.6 Å². The molecule has 0 radical (unpaired) electrons. The predicted octanol–water partition coefficient (Wildman–Crippen LogP) is 2.44. The molecule has 3 rings (SSSR count). The Labute approximate surface area is 169 Å². The van der Waals surface area contributed by atoms with Crippen LogP contribution in [0.3, 0.4) is 0 Å². The summed E-state index contributed by atoms with van der Waals surface area (Å²) in [5, 5.41) is 20.0. The summed E-state index contributed by atoms with van der Waals surface area (Å²) >= 11 is 0. The molecule has 2 aromatic heterocycles. The van der Waals surface area contributed by atoms with Crippen molar-refractivity contribution in [3.05, 3.63) is 48.2 Å². The number of nitrogens with zero attached hydrogens (tertiary/aromatic N) is 6. The summed E-state index contributed by atoms with van der Waals surface area (Å²) in [6, 6.07) is 1.92. The number of carbonyl (C=O) groups is 1. The van der Waals surface area contributed by atoms with Gasteiger partial charge >= 0.3 is 0 Å². The van der Waals surface area contributed by atoms with Crippen LogP contribution >= 0.6 is 0 Å². The van der Waals surface area contributed by atoms with Crippen molar-refractivity contribution in [2.45, 2.75) is 27.2 Å². The van der Waals surface area contributed by atoms with Crippen molar-refractivity contribution in [2.24, 2.45) is 11.3 Å². The van der Waals surface area contributed by atoms with E-state index >= 15 is 0 Å². The largest absolute Gasteiger partial charge is 0.368 e. The number of allylic oxidation sites excluding steroid dienone is 4.